The van der Waals surface area contributed by atoms with Gasteiger partial charge in [0.1, 0.15) is 11.8 Å². The predicted octanol–water partition coefficient (Wildman–Crippen LogP) is 1.88. The molecule has 2 N–H and O–H groups in total. The summed E-state index contributed by atoms with van der Waals surface area (Å²) in [7, 11) is 3.66. The van der Waals surface area contributed by atoms with Gasteiger partial charge in [-0.15, -0.1) is 0 Å². The summed E-state index contributed by atoms with van der Waals surface area (Å²) in [5.74, 6) is 0.930. The summed E-state index contributed by atoms with van der Waals surface area (Å²) in [6, 6.07) is 16.2. The molecule has 0 saturated carbocycles. The van der Waals surface area contributed by atoms with E-state index in [1.807, 2.05) is 31.3 Å². The maximum atomic E-state index is 12.3. The molecule has 2 aromatic rings. The second-order valence-corrected chi connectivity index (χ2v) is 6.34. The molecular formula is C20H25N3O2. The molecule has 0 aliphatic carbocycles. The number of methoxy groups -OCH3 is 1. The van der Waals surface area contributed by atoms with Crippen molar-refractivity contribution < 1.29 is 9.53 Å². The van der Waals surface area contributed by atoms with Crippen LogP contribution in [0, 0.1) is 0 Å². The van der Waals surface area contributed by atoms with Crippen LogP contribution in [0.2, 0.25) is 0 Å². The first kappa shape index (κ1) is 17.5. The van der Waals surface area contributed by atoms with Gasteiger partial charge in [0, 0.05) is 26.2 Å². The van der Waals surface area contributed by atoms with Crippen molar-refractivity contribution in [2.24, 2.45) is 0 Å². The Hall–Kier alpha value is -2.37. The van der Waals surface area contributed by atoms with Crippen LogP contribution in [0.1, 0.15) is 5.56 Å². The summed E-state index contributed by atoms with van der Waals surface area (Å²) in [5.41, 5.74) is 3.39. The quantitative estimate of drug-likeness (QED) is 0.873. The van der Waals surface area contributed by atoms with Gasteiger partial charge in [0.15, 0.2) is 0 Å². The molecule has 0 spiro atoms. The maximum Gasteiger partial charge on any atom is 0.238 e. The van der Waals surface area contributed by atoms with Crippen molar-refractivity contribution >= 4 is 5.91 Å². The van der Waals surface area contributed by atoms with Crippen LogP contribution in [0.25, 0.3) is 11.1 Å². The minimum absolute atomic E-state index is 0.0777. The van der Waals surface area contributed by atoms with E-state index in [4.69, 9.17) is 4.74 Å². The SMILES string of the molecule is COc1ccc(-c2ccc(CNC(=O)C3CNCCN3C)cc2)cc1. The highest BCUT2D eigenvalue weighted by molar-refractivity contribution is 5.82. The molecule has 0 aromatic heterocycles. The molecule has 0 bridgehead atoms. The van der Waals surface area contributed by atoms with Crippen molar-refractivity contribution in [2.75, 3.05) is 33.8 Å². The van der Waals surface area contributed by atoms with E-state index >= 15 is 0 Å². The van der Waals surface area contributed by atoms with Crippen LogP contribution in [0.4, 0.5) is 0 Å². The van der Waals surface area contributed by atoms with Crippen LogP contribution >= 0.6 is 0 Å². The molecule has 1 heterocycles. The van der Waals surface area contributed by atoms with Gasteiger partial charge in [0.05, 0.1) is 7.11 Å². The van der Waals surface area contributed by atoms with Crippen LogP contribution in [-0.4, -0.2) is 50.6 Å². The molecule has 132 valence electrons. The van der Waals surface area contributed by atoms with E-state index in [1.165, 1.54) is 0 Å². The maximum absolute atomic E-state index is 12.3. The summed E-state index contributed by atoms with van der Waals surface area (Å²) in [6.45, 7) is 3.09. The number of nitrogens with one attached hydrogen (secondary N) is 2. The molecule has 1 aliphatic rings. The number of ether oxygens (including phenoxy) is 1. The zero-order valence-corrected chi connectivity index (χ0v) is 14.8. The largest absolute Gasteiger partial charge is 0.497 e. The minimum Gasteiger partial charge on any atom is -0.497 e. The van der Waals surface area contributed by atoms with Gasteiger partial charge in [-0.1, -0.05) is 36.4 Å². The molecular weight excluding hydrogens is 314 g/mol. The number of amides is 1. The van der Waals surface area contributed by atoms with E-state index in [-0.39, 0.29) is 11.9 Å². The Morgan fingerprint density at radius 2 is 1.80 bits per heavy atom. The van der Waals surface area contributed by atoms with Crippen molar-refractivity contribution in [2.45, 2.75) is 12.6 Å². The van der Waals surface area contributed by atoms with Crippen molar-refractivity contribution in [1.82, 2.24) is 15.5 Å². The Labute approximate surface area is 149 Å². The second kappa shape index (κ2) is 8.14. The van der Waals surface area contributed by atoms with Gasteiger partial charge in [-0.25, -0.2) is 0 Å². The molecule has 1 unspecified atom stereocenters. The first-order valence-electron chi connectivity index (χ1n) is 8.59. The molecule has 1 saturated heterocycles. The number of benzene rings is 2. The van der Waals surface area contributed by atoms with Crippen molar-refractivity contribution in [1.29, 1.82) is 0 Å². The third-order valence-electron chi connectivity index (χ3n) is 4.66. The number of nitrogens with zero attached hydrogens (tertiary/aromatic N) is 1. The van der Waals surface area contributed by atoms with E-state index in [0.717, 1.165) is 35.5 Å². The van der Waals surface area contributed by atoms with E-state index in [9.17, 15) is 4.79 Å². The van der Waals surface area contributed by atoms with E-state index in [0.29, 0.717) is 13.1 Å². The minimum atomic E-state index is -0.0904. The molecule has 5 heteroatoms. The number of hydrogen-bond acceptors (Lipinski definition) is 4. The fourth-order valence-corrected chi connectivity index (χ4v) is 3.00. The predicted molar refractivity (Wildman–Crippen MR) is 99.6 cm³/mol. The number of piperazine rings is 1. The highest BCUT2D eigenvalue weighted by atomic mass is 16.5. The van der Waals surface area contributed by atoms with E-state index in [2.05, 4.69) is 39.8 Å². The smallest absolute Gasteiger partial charge is 0.238 e. The van der Waals surface area contributed by atoms with Crippen LogP contribution in [0.3, 0.4) is 0 Å². The Morgan fingerprint density at radius 3 is 2.40 bits per heavy atom. The Kier molecular flexibility index (Phi) is 5.68. The van der Waals surface area contributed by atoms with Crippen molar-refractivity contribution in [3.63, 3.8) is 0 Å². The van der Waals surface area contributed by atoms with Crippen molar-refractivity contribution in [3.8, 4) is 16.9 Å². The molecule has 2 aromatic carbocycles. The van der Waals surface area contributed by atoms with Crippen molar-refractivity contribution in [3.05, 3.63) is 54.1 Å². The molecule has 25 heavy (non-hydrogen) atoms. The fraction of sp³-hybridized carbons (Fsp3) is 0.350. The van der Waals surface area contributed by atoms with Crippen LogP contribution < -0.4 is 15.4 Å². The van der Waals surface area contributed by atoms with E-state index in [1.54, 1.807) is 7.11 Å². The monoisotopic (exact) mass is 339 g/mol. The summed E-state index contributed by atoms with van der Waals surface area (Å²) in [4.78, 5) is 14.4. The highest BCUT2D eigenvalue weighted by Crippen LogP contribution is 2.22. The summed E-state index contributed by atoms with van der Waals surface area (Å²) in [5, 5.41) is 6.30. The number of carbonyl (C=O) groups is 1. The van der Waals surface area contributed by atoms with Gasteiger partial charge in [-0.2, -0.15) is 0 Å². The number of likely N-dealkylation sites (N-methyl/N-ethyl adjacent to an activating group) is 1. The molecule has 1 amide bonds. The number of hydrogen-bond donors (Lipinski definition) is 2. The molecule has 1 atom stereocenters. The lowest BCUT2D eigenvalue weighted by Gasteiger charge is -2.31. The molecule has 5 nitrogen and oxygen atoms in total. The topological polar surface area (TPSA) is 53.6 Å². The fourth-order valence-electron chi connectivity index (χ4n) is 3.00. The summed E-state index contributed by atoms with van der Waals surface area (Å²) in [6.07, 6.45) is 0. The van der Waals surface area contributed by atoms with Crippen LogP contribution in [-0.2, 0) is 11.3 Å². The van der Waals surface area contributed by atoms with Gasteiger partial charge in [-0.05, 0) is 35.9 Å². The molecule has 1 fully saturated rings. The summed E-state index contributed by atoms with van der Waals surface area (Å²) < 4.78 is 5.19. The normalized spacial score (nSPS) is 17.9. The first-order valence-corrected chi connectivity index (χ1v) is 8.59. The molecule has 1 aliphatic heterocycles. The average Bonchev–Trinajstić information content (AvgIpc) is 2.67. The number of carbonyl (C=O) groups excluding carboxylic acids is 1. The first-order chi connectivity index (χ1) is 12.2. The van der Waals surface area contributed by atoms with Gasteiger partial charge >= 0.3 is 0 Å². The third-order valence-corrected chi connectivity index (χ3v) is 4.66. The average molecular weight is 339 g/mol. The van der Waals surface area contributed by atoms with Gasteiger partial charge in [-0.3, -0.25) is 9.69 Å². The Balaban J connectivity index is 1.57. The summed E-state index contributed by atoms with van der Waals surface area (Å²) >= 11 is 0. The Bertz CT molecular complexity index is 698. The van der Waals surface area contributed by atoms with Gasteiger partial charge < -0.3 is 15.4 Å². The van der Waals surface area contributed by atoms with E-state index < -0.39 is 0 Å². The van der Waals surface area contributed by atoms with Crippen LogP contribution in [0.15, 0.2) is 48.5 Å². The second-order valence-electron chi connectivity index (χ2n) is 6.34. The molecule has 3 rings (SSSR count). The lowest BCUT2D eigenvalue weighted by molar-refractivity contribution is -0.126. The third kappa shape index (κ3) is 4.38. The zero-order valence-electron chi connectivity index (χ0n) is 14.8. The lowest BCUT2D eigenvalue weighted by atomic mass is 10.0. The molecule has 0 radical (unpaired) electrons. The number of rotatable bonds is 5. The Morgan fingerprint density at radius 1 is 1.16 bits per heavy atom. The standard InChI is InChI=1S/C20H25N3O2/c1-23-12-11-21-14-19(23)20(24)22-13-15-3-5-16(6-4-15)17-7-9-18(25-2)10-8-17/h3-10,19,21H,11-14H2,1-2H3,(H,22,24). The van der Waals surface area contributed by atoms with Gasteiger partial charge in [0.25, 0.3) is 0 Å². The van der Waals surface area contributed by atoms with Crippen LogP contribution in [0.5, 0.6) is 5.75 Å². The van der Waals surface area contributed by atoms with Gasteiger partial charge in [0.2, 0.25) is 5.91 Å². The lowest BCUT2D eigenvalue weighted by Crippen LogP contribution is -2.56. The highest BCUT2D eigenvalue weighted by Gasteiger charge is 2.25. The zero-order chi connectivity index (χ0) is 17.6.